The van der Waals surface area contributed by atoms with Crippen molar-refractivity contribution in [2.45, 2.75) is 125 Å². The van der Waals surface area contributed by atoms with Crippen molar-refractivity contribution in [3.8, 4) is 0 Å². The second-order valence-electron chi connectivity index (χ2n) is 14.2. The van der Waals surface area contributed by atoms with Crippen LogP contribution in [-0.2, 0) is 29.5 Å². The quantitative estimate of drug-likeness (QED) is 0.178. The van der Waals surface area contributed by atoms with E-state index in [1.165, 1.54) is 59.5 Å². The molecule has 0 N–H and O–H groups in total. The van der Waals surface area contributed by atoms with Crippen LogP contribution in [0.1, 0.15) is 101 Å². The van der Waals surface area contributed by atoms with Crippen LogP contribution >= 0.6 is 0 Å². The smallest absolute Gasteiger partial charge is 0.282 e. The number of rotatable bonds is 8. The molecule has 4 atom stereocenters. The maximum absolute atomic E-state index is 13.3. The number of pyridine rings is 2. The van der Waals surface area contributed by atoms with Crippen LogP contribution in [0.2, 0.25) is 0 Å². The highest BCUT2D eigenvalue weighted by atomic mass is 32.2. The molecule has 0 saturated heterocycles. The first-order valence-electron chi connectivity index (χ1n) is 18.6. The second kappa shape index (κ2) is 15.6. The number of ether oxygens (including phenoxy) is 2. The lowest BCUT2D eigenvalue weighted by Crippen LogP contribution is -2.39. The molecule has 12 heteroatoms. The highest BCUT2D eigenvalue weighted by Crippen LogP contribution is 2.47. The molecule has 2 aliphatic heterocycles. The summed E-state index contributed by atoms with van der Waals surface area (Å²) < 4.78 is 68.8. The number of benzene rings is 2. The summed E-state index contributed by atoms with van der Waals surface area (Å²) in [7, 11) is -7.47. The number of nitrogens with zero attached hydrogens (tertiary/aromatic N) is 4. The lowest BCUT2D eigenvalue weighted by atomic mass is 9.97. The molecule has 2 saturated carbocycles. The summed E-state index contributed by atoms with van der Waals surface area (Å²) in [4.78, 5) is 8.15. The summed E-state index contributed by atoms with van der Waals surface area (Å²) in [6.07, 6.45) is 14.4. The monoisotopic (exact) mass is 744 g/mol. The van der Waals surface area contributed by atoms with Gasteiger partial charge in [-0.1, -0.05) is 87.1 Å². The van der Waals surface area contributed by atoms with E-state index in [9.17, 15) is 16.8 Å². The Bertz CT molecular complexity index is 1870. The van der Waals surface area contributed by atoms with Gasteiger partial charge in [0.1, 0.15) is 12.2 Å². The summed E-state index contributed by atoms with van der Waals surface area (Å²) in [5.41, 5.74) is 3.30. The van der Waals surface area contributed by atoms with Gasteiger partial charge in [0.15, 0.2) is 10.1 Å². The van der Waals surface area contributed by atoms with Gasteiger partial charge in [-0.15, -0.1) is 0 Å². The summed E-state index contributed by atoms with van der Waals surface area (Å²) in [6, 6.07) is 24.6. The van der Waals surface area contributed by atoms with E-state index < -0.39 is 20.0 Å². The fraction of sp³-hybridized carbons (Fsp3) is 0.450. The zero-order valence-electron chi connectivity index (χ0n) is 29.8. The van der Waals surface area contributed by atoms with Gasteiger partial charge in [-0.3, -0.25) is 8.61 Å². The van der Waals surface area contributed by atoms with Gasteiger partial charge in [0, 0.05) is 23.5 Å². The molecular weight excluding hydrogens is 697 g/mol. The Hall–Kier alpha value is -3.84. The number of para-hydroxylation sites is 2. The van der Waals surface area contributed by atoms with Gasteiger partial charge in [0.05, 0.1) is 35.7 Å². The maximum Gasteiger partial charge on any atom is 0.282 e. The number of hydrogen-bond acceptors (Lipinski definition) is 8. The van der Waals surface area contributed by atoms with E-state index in [2.05, 4.69) is 9.97 Å². The molecule has 4 aromatic rings. The van der Waals surface area contributed by atoms with E-state index in [1.54, 1.807) is 36.4 Å². The maximum atomic E-state index is 13.3. The zero-order valence-corrected chi connectivity index (χ0v) is 31.5. The molecule has 0 radical (unpaired) electrons. The van der Waals surface area contributed by atoms with E-state index in [0.717, 1.165) is 36.8 Å². The molecule has 8 rings (SSSR count). The molecule has 10 nitrogen and oxygen atoms in total. The van der Waals surface area contributed by atoms with Gasteiger partial charge >= 0.3 is 0 Å². The predicted octanol–water partition coefficient (Wildman–Crippen LogP) is 8.14. The number of anilines is 2. The minimum absolute atomic E-state index is 0.0694. The first-order valence-corrected chi connectivity index (χ1v) is 21.5. The van der Waals surface area contributed by atoms with Crippen LogP contribution < -0.4 is 8.61 Å². The first kappa shape index (κ1) is 36.5. The standard InChI is InChI=1S/2C20H24N2O3S/c2*1-15-20(25-16-9-3-2-4-10-16)17-11-5-6-12-18(17)22(15)26(23,24)19-13-7-8-14-21-19/h2*5-8,11-16,20H,2-4,9-10H2,1H3/t2*15-,20-/m00/s1. The highest BCUT2D eigenvalue weighted by molar-refractivity contribution is 7.93. The van der Waals surface area contributed by atoms with Crippen LogP contribution in [0.15, 0.2) is 107 Å². The van der Waals surface area contributed by atoms with Crippen LogP contribution in [0.25, 0.3) is 0 Å². The van der Waals surface area contributed by atoms with Gasteiger partial charge in [-0.25, -0.2) is 9.97 Å². The lowest BCUT2D eigenvalue weighted by Gasteiger charge is -2.30. The lowest BCUT2D eigenvalue weighted by molar-refractivity contribution is -0.0354. The van der Waals surface area contributed by atoms with Gasteiger partial charge in [0.2, 0.25) is 0 Å². The number of hydrogen-bond donors (Lipinski definition) is 0. The number of sulfonamides is 2. The average molecular weight is 745 g/mol. The van der Waals surface area contributed by atoms with E-state index in [4.69, 9.17) is 9.47 Å². The highest BCUT2D eigenvalue weighted by Gasteiger charge is 2.46. The minimum atomic E-state index is -3.73. The van der Waals surface area contributed by atoms with Crippen molar-refractivity contribution < 1.29 is 26.3 Å². The van der Waals surface area contributed by atoms with Crippen molar-refractivity contribution in [1.82, 2.24) is 9.97 Å². The zero-order chi connectivity index (χ0) is 36.3. The molecule has 2 aromatic carbocycles. The second-order valence-corrected chi connectivity index (χ2v) is 17.7. The van der Waals surface area contributed by atoms with Gasteiger partial charge in [-0.2, -0.15) is 16.8 Å². The van der Waals surface area contributed by atoms with E-state index in [0.29, 0.717) is 11.4 Å². The SMILES string of the molecule is C[C@H]1[C@H](OC2CCCCC2)c2ccccc2N1S(=O)(=O)c1ccccn1.C[C@H]1[C@H](OC2CCCCC2)c2ccccc2N1S(=O)(=O)c1ccccn1. The van der Waals surface area contributed by atoms with E-state index >= 15 is 0 Å². The minimum Gasteiger partial charge on any atom is -0.368 e. The molecule has 2 aromatic heterocycles. The fourth-order valence-corrected chi connectivity index (χ4v) is 11.4. The Balaban J connectivity index is 0.000000162. The molecule has 276 valence electrons. The first-order chi connectivity index (χ1) is 25.2. The number of fused-ring (bicyclic) bond motifs is 2. The third kappa shape index (κ3) is 7.22. The van der Waals surface area contributed by atoms with Crippen molar-refractivity contribution in [2.75, 3.05) is 8.61 Å². The predicted molar refractivity (Wildman–Crippen MR) is 201 cm³/mol. The van der Waals surface area contributed by atoms with Gasteiger partial charge in [-0.05, 0) is 75.9 Å². The van der Waals surface area contributed by atoms with E-state index in [-0.39, 0.29) is 46.6 Å². The van der Waals surface area contributed by atoms with Crippen molar-refractivity contribution in [3.63, 3.8) is 0 Å². The summed E-state index contributed by atoms with van der Waals surface area (Å²) in [5, 5.41) is 0.139. The fourth-order valence-electron chi connectivity index (χ4n) is 8.15. The molecule has 0 amide bonds. The normalized spacial score (nSPS) is 23.8. The molecule has 52 heavy (non-hydrogen) atoms. The topological polar surface area (TPSA) is 119 Å². The molecule has 2 aliphatic carbocycles. The molecule has 0 spiro atoms. The Labute approximate surface area is 308 Å². The van der Waals surface area contributed by atoms with Crippen LogP contribution in [0.5, 0.6) is 0 Å². The molecule has 4 heterocycles. The summed E-state index contributed by atoms with van der Waals surface area (Å²) in [5.74, 6) is 0. The molecule has 2 fully saturated rings. The van der Waals surface area contributed by atoms with Crippen LogP contribution in [0.3, 0.4) is 0 Å². The third-order valence-electron chi connectivity index (χ3n) is 10.7. The van der Waals surface area contributed by atoms with Crippen molar-refractivity contribution in [3.05, 3.63) is 108 Å². The van der Waals surface area contributed by atoms with Gasteiger partial charge < -0.3 is 9.47 Å². The Morgan fingerprint density at radius 2 is 0.885 bits per heavy atom. The Kier molecular flexibility index (Phi) is 11.0. The van der Waals surface area contributed by atoms with Gasteiger partial charge in [0.25, 0.3) is 20.0 Å². The van der Waals surface area contributed by atoms with Crippen molar-refractivity contribution in [2.24, 2.45) is 0 Å². The van der Waals surface area contributed by atoms with E-state index in [1.807, 2.05) is 62.4 Å². The summed E-state index contributed by atoms with van der Waals surface area (Å²) >= 11 is 0. The van der Waals surface area contributed by atoms with Crippen LogP contribution in [0, 0.1) is 0 Å². The van der Waals surface area contributed by atoms with Crippen LogP contribution in [-0.4, -0.2) is 51.1 Å². The van der Waals surface area contributed by atoms with Crippen molar-refractivity contribution >= 4 is 31.4 Å². The number of aromatic nitrogens is 2. The third-order valence-corrected chi connectivity index (χ3v) is 14.3. The summed E-state index contributed by atoms with van der Waals surface area (Å²) in [6.45, 7) is 3.85. The molecule has 0 bridgehead atoms. The average Bonchev–Trinajstić information content (AvgIpc) is 3.63. The molecule has 4 aliphatic rings. The van der Waals surface area contributed by atoms with Crippen molar-refractivity contribution in [1.29, 1.82) is 0 Å². The Morgan fingerprint density at radius 1 is 0.519 bits per heavy atom. The largest absolute Gasteiger partial charge is 0.368 e. The van der Waals surface area contributed by atoms with Crippen LogP contribution in [0.4, 0.5) is 11.4 Å². The molecular formula is C40H48N4O6S2. The molecule has 0 unspecified atom stereocenters. The Morgan fingerprint density at radius 3 is 1.25 bits per heavy atom.